The average molecular weight is 350 g/mol. The van der Waals surface area contributed by atoms with E-state index in [2.05, 4.69) is 4.99 Å². The maximum atomic E-state index is 11.9. The predicted molar refractivity (Wildman–Crippen MR) is 96.6 cm³/mol. The summed E-state index contributed by atoms with van der Waals surface area (Å²) in [5.41, 5.74) is 1.31. The van der Waals surface area contributed by atoms with E-state index in [4.69, 9.17) is 9.47 Å². The topological polar surface area (TPSA) is 91.0 Å². The Morgan fingerprint density at radius 1 is 1.15 bits per heavy atom. The SMILES string of the molecule is COc1ccccc1/C=C/C1=NC(=Cc2cccc([N+](=O)[O-])c2)C(=O)O1. The molecule has 7 nitrogen and oxygen atoms in total. The number of nitro groups is 1. The zero-order valence-electron chi connectivity index (χ0n) is 13.8. The molecule has 0 fully saturated rings. The molecule has 0 N–H and O–H groups in total. The van der Waals surface area contributed by atoms with E-state index in [1.807, 2.05) is 24.3 Å². The number of cyclic esters (lactones) is 1. The molecule has 0 aromatic heterocycles. The van der Waals surface area contributed by atoms with Gasteiger partial charge in [0.1, 0.15) is 5.75 Å². The van der Waals surface area contributed by atoms with Crippen LogP contribution in [0, 0.1) is 10.1 Å². The first-order chi connectivity index (χ1) is 12.6. The van der Waals surface area contributed by atoms with E-state index in [1.54, 1.807) is 25.3 Å². The first-order valence-corrected chi connectivity index (χ1v) is 7.65. The Morgan fingerprint density at radius 2 is 1.96 bits per heavy atom. The van der Waals surface area contributed by atoms with Crippen molar-refractivity contribution in [3.63, 3.8) is 0 Å². The van der Waals surface area contributed by atoms with E-state index in [0.717, 1.165) is 5.56 Å². The maximum absolute atomic E-state index is 11.9. The van der Waals surface area contributed by atoms with E-state index < -0.39 is 10.9 Å². The van der Waals surface area contributed by atoms with Crippen LogP contribution in [-0.2, 0) is 9.53 Å². The number of nitrogens with zero attached hydrogens (tertiary/aromatic N) is 2. The van der Waals surface area contributed by atoms with Crippen LogP contribution in [-0.4, -0.2) is 23.9 Å². The average Bonchev–Trinajstić information content (AvgIpc) is 3.00. The summed E-state index contributed by atoms with van der Waals surface area (Å²) in [6.07, 6.45) is 4.73. The Morgan fingerprint density at radius 3 is 2.73 bits per heavy atom. The summed E-state index contributed by atoms with van der Waals surface area (Å²) in [6.45, 7) is 0. The van der Waals surface area contributed by atoms with Gasteiger partial charge >= 0.3 is 5.97 Å². The molecule has 26 heavy (non-hydrogen) atoms. The van der Waals surface area contributed by atoms with E-state index in [1.165, 1.54) is 24.3 Å². The Bertz CT molecular complexity index is 960. The van der Waals surface area contributed by atoms with Crippen LogP contribution in [0.3, 0.4) is 0 Å². The zero-order valence-corrected chi connectivity index (χ0v) is 13.8. The molecular weight excluding hydrogens is 336 g/mol. The van der Waals surface area contributed by atoms with Crippen molar-refractivity contribution in [2.24, 2.45) is 4.99 Å². The molecule has 0 bridgehead atoms. The summed E-state index contributed by atoms with van der Waals surface area (Å²) in [7, 11) is 1.57. The monoisotopic (exact) mass is 350 g/mol. The minimum absolute atomic E-state index is 0.0639. The van der Waals surface area contributed by atoms with Gasteiger partial charge in [0.05, 0.1) is 12.0 Å². The van der Waals surface area contributed by atoms with Crippen molar-refractivity contribution >= 4 is 29.7 Å². The molecule has 0 atom stereocenters. The third-order valence-corrected chi connectivity index (χ3v) is 3.57. The third kappa shape index (κ3) is 3.84. The highest BCUT2D eigenvalue weighted by atomic mass is 16.6. The molecule has 7 heteroatoms. The number of para-hydroxylation sites is 1. The molecule has 1 aliphatic rings. The van der Waals surface area contributed by atoms with Gasteiger partial charge in [-0.15, -0.1) is 0 Å². The van der Waals surface area contributed by atoms with Crippen molar-refractivity contribution in [3.05, 3.63) is 81.5 Å². The number of hydrogen-bond acceptors (Lipinski definition) is 6. The second-order valence-corrected chi connectivity index (χ2v) is 5.30. The van der Waals surface area contributed by atoms with Crippen molar-refractivity contribution in [2.45, 2.75) is 0 Å². The highest BCUT2D eigenvalue weighted by Crippen LogP contribution is 2.21. The third-order valence-electron chi connectivity index (χ3n) is 3.57. The fourth-order valence-corrected chi connectivity index (χ4v) is 2.35. The number of benzene rings is 2. The van der Waals surface area contributed by atoms with Crippen LogP contribution in [0.25, 0.3) is 12.2 Å². The Hall–Kier alpha value is -3.74. The number of hydrogen-bond donors (Lipinski definition) is 0. The standard InChI is InChI=1S/C19H14N2O5/c1-25-17-8-3-2-6-14(17)9-10-18-20-16(19(22)26-18)12-13-5-4-7-15(11-13)21(23)24/h2-12H,1H3/b10-9+,16-12?. The van der Waals surface area contributed by atoms with Crippen molar-refractivity contribution < 1.29 is 19.2 Å². The molecule has 1 heterocycles. The number of nitro benzene ring substituents is 1. The Kier molecular flexibility index (Phi) is 4.89. The molecule has 1 aliphatic heterocycles. The van der Waals surface area contributed by atoms with Gasteiger partial charge in [0.25, 0.3) is 5.69 Å². The molecule has 0 saturated heterocycles. The summed E-state index contributed by atoms with van der Waals surface area (Å²) in [6, 6.07) is 13.3. The van der Waals surface area contributed by atoms with Crippen LogP contribution < -0.4 is 4.74 Å². The van der Waals surface area contributed by atoms with E-state index in [-0.39, 0.29) is 17.3 Å². The molecule has 2 aromatic carbocycles. The summed E-state index contributed by atoms with van der Waals surface area (Å²) >= 11 is 0. The molecule has 3 rings (SSSR count). The summed E-state index contributed by atoms with van der Waals surface area (Å²) < 4.78 is 10.3. The first kappa shape index (κ1) is 17.1. The normalized spacial score (nSPS) is 15.2. The second-order valence-electron chi connectivity index (χ2n) is 5.30. The van der Waals surface area contributed by atoms with E-state index in [0.29, 0.717) is 11.3 Å². The number of methoxy groups -OCH3 is 1. The minimum atomic E-state index is -0.615. The number of carbonyl (C=O) groups is 1. The molecule has 0 amide bonds. The lowest BCUT2D eigenvalue weighted by Gasteiger charge is -2.02. The fraction of sp³-hybridized carbons (Fsp3) is 0.0526. The number of aliphatic imine (C=N–C) groups is 1. The Balaban J connectivity index is 1.84. The van der Waals surface area contributed by atoms with Gasteiger partial charge in [-0.05, 0) is 23.8 Å². The molecule has 0 unspecified atom stereocenters. The number of non-ortho nitro benzene ring substituents is 1. The number of carbonyl (C=O) groups excluding carboxylic acids is 1. The van der Waals surface area contributed by atoms with Crippen molar-refractivity contribution in [1.29, 1.82) is 0 Å². The fourth-order valence-electron chi connectivity index (χ4n) is 2.35. The smallest absolute Gasteiger partial charge is 0.363 e. The Labute approximate surface area is 149 Å². The zero-order chi connectivity index (χ0) is 18.5. The lowest BCUT2D eigenvalue weighted by Crippen LogP contribution is -2.01. The van der Waals surface area contributed by atoms with Gasteiger partial charge in [-0.3, -0.25) is 10.1 Å². The van der Waals surface area contributed by atoms with Gasteiger partial charge in [0.2, 0.25) is 5.90 Å². The van der Waals surface area contributed by atoms with Crippen molar-refractivity contribution in [3.8, 4) is 5.75 Å². The van der Waals surface area contributed by atoms with Crippen LogP contribution >= 0.6 is 0 Å². The predicted octanol–water partition coefficient (Wildman–Crippen LogP) is 3.61. The van der Waals surface area contributed by atoms with Crippen LogP contribution in [0.2, 0.25) is 0 Å². The summed E-state index contributed by atoms with van der Waals surface area (Å²) in [5.74, 6) is 0.204. The van der Waals surface area contributed by atoms with Crippen LogP contribution in [0.4, 0.5) is 5.69 Å². The van der Waals surface area contributed by atoms with Gasteiger partial charge < -0.3 is 9.47 Å². The van der Waals surface area contributed by atoms with E-state index >= 15 is 0 Å². The summed E-state index contributed by atoms with van der Waals surface area (Å²) in [5, 5.41) is 10.8. The van der Waals surface area contributed by atoms with Crippen molar-refractivity contribution in [2.75, 3.05) is 7.11 Å². The number of esters is 1. The van der Waals surface area contributed by atoms with Gasteiger partial charge in [-0.25, -0.2) is 9.79 Å². The van der Waals surface area contributed by atoms with Gasteiger partial charge in [-0.1, -0.05) is 30.3 Å². The maximum Gasteiger partial charge on any atom is 0.363 e. The lowest BCUT2D eigenvalue weighted by atomic mass is 10.1. The number of rotatable bonds is 5. The second kappa shape index (κ2) is 7.43. The molecule has 0 aliphatic carbocycles. The summed E-state index contributed by atoms with van der Waals surface area (Å²) in [4.78, 5) is 26.4. The van der Waals surface area contributed by atoms with Crippen molar-refractivity contribution in [1.82, 2.24) is 0 Å². The lowest BCUT2D eigenvalue weighted by molar-refractivity contribution is -0.384. The largest absolute Gasteiger partial charge is 0.496 e. The van der Waals surface area contributed by atoms with Crippen LogP contribution in [0.15, 0.2) is 65.3 Å². The van der Waals surface area contributed by atoms with Crippen LogP contribution in [0.5, 0.6) is 5.75 Å². The van der Waals surface area contributed by atoms with Gasteiger partial charge in [0.15, 0.2) is 5.70 Å². The number of ether oxygens (including phenoxy) is 2. The molecule has 0 saturated carbocycles. The molecule has 0 radical (unpaired) electrons. The molecular formula is C19H14N2O5. The van der Waals surface area contributed by atoms with Gasteiger partial charge in [-0.2, -0.15) is 0 Å². The minimum Gasteiger partial charge on any atom is -0.496 e. The quantitative estimate of drug-likeness (QED) is 0.355. The highest BCUT2D eigenvalue weighted by Gasteiger charge is 2.21. The van der Waals surface area contributed by atoms with E-state index in [9.17, 15) is 14.9 Å². The molecule has 130 valence electrons. The molecule has 2 aromatic rings. The van der Waals surface area contributed by atoms with Gasteiger partial charge in [0, 0.05) is 23.8 Å². The molecule has 0 spiro atoms. The van der Waals surface area contributed by atoms with Crippen LogP contribution in [0.1, 0.15) is 11.1 Å². The first-order valence-electron chi connectivity index (χ1n) is 7.65. The highest BCUT2D eigenvalue weighted by molar-refractivity contribution is 6.11.